The minimum atomic E-state index is -0.145. The maximum Gasteiger partial charge on any atom is 0.270 e. The number of aromatic amines is 1. The van der Waals surface area contributed by atoms with Gasteiger partial charge in [-0.3, -0.25) is 4.79 Å². The summed E-state index contributed by atoms with van der Waals surface area (Å²) >= 11 is 0. The molecule has 0 saturated carbocycles. The molecule has 0 unspecified atom stereocenters. The number of benzene rings is 2. The second kappa shape index (κ2) is 8.27. The van der Waals surface area contributed by atoms with Crippen molar-refractivity contribution in [2.24, 2.45) is 0 Å². The number of aromatic nitrogens is 1. The van der Waals surface area contributed by atoms with E-state index in [1.807, 2.05) is 61.5 Å². The van der Waals surface area contributed by atoms with Gasteiger partial charge >= 0.3 is 0 Å². The molecule has 2 aromatic carbocycles. The molecule has 1 aliphatic rings. The number of amides is 1. The molecule has 0 aliphatic carbocycles. The third-order valence-electron chi connectivity index (χ3n) is 5.37. The Morgan fingerprint density at radius 2 is 2.00 bits per heavy atom. The van der Waals surface area contributed by atoms with Gasteiger partial charge in [-0.05, 0) is 37.9 Å². The highest BCUT2D eigenvalue weighted by Crippen LogP contribution is 2.33. The fraction of sp³-hybridized carbons (Fsp3) is 0.348. The van der Waals surface area contributed by atoms with Gasteiger partial charge in [0.15, 0.2) is 0 Å². The summed E-state index contributed by atoms with van der Waals surface area (Å²) in [6.07, 6.45) is -0.0935. The number of fused-ring (bicyclic) bond motifs is 1. The monoisotopic (exact) mass is 393 g/mol. The van der Waals surface area contributed by atoms with E-state index in [4.69, 9.17) is 9.47 Å². The van der Waals surface area contributed by atoms with Crippen molar-refractivity contribution in [1.82, 2.24) is 14.8 Å². The lowest BCUT2D eigenvalue weighted by atomic mass is 9.97. The molecule has 1 amide bonds. The van der Waals surface area contributed by atoms with E-state index < -0.39 is 0 Å². The van der Waals surface area contributed by atoms with Crippen LogP contribution in [0.3, 0.4) is 0 Å². The zero-order valence-corrected chi connectivity index (χ0v) is 17.1. The first-order chi connectivity index (χ1) is 14.1. The largest absolute Gasteiger partial charge is 0.496 e. The average Bonchev–Trinajstić information content (AvgIpc) is 3.17. The Hall–Kier alpha value is -2.83. The standard InChI is InChI=1S/C23H27N3O3/c1-25(2)15-21-22(16-8-5-4-6-9-16)26(12-13-29-21)23(27)19-14-17-18(24-19)10-7-11-20(17)28-3/h4-11,14,21-22,24H,12-13,15H2,1-3H3/t21-,22-/m0/s1. The summed E-state index contributed by atoms with van der Waals surface area (Å²) in [5.41, 5.74) is 2.54. The Morgan fingerprint density at radius 1 is 1.21 bits per heavy atom. The number of H-pyrrole nitrogens is 1. The summed E-state index contributed by atoms with van der Waals surface area (Å²) in [5.74, 6) is 0.731. The number of hydrogen-bond donors (Lipinski definition) is 1. The molecule has 6 nitrogen and oxygen atoms in total. The Kier molecular flexibility index (Phi) is 5.56. The van der Waals surface area contributed by atoms with Crippen LogP contribution in [0, 0.1) is 0 Å². The third-order valence-corrected chi connectivity index (χ3v) is 5.37. The maximum atomic E-state index is 13.6. The highest BCUT2D eigenvalue weighted by Gasteiger charge is 2.37. The van der Waals surface area contributed by atoms with E-state index in [0.717, 1.165) is 28.8 Å². The van der Waals surface area contributed by atoms with Crippen molar-refractivity contribution in [3.8, 4) is 5.75 Å². The maximum absolute atomic E-state index is 13.6. The number of carbonyl (C=O) groups is 1. The van der Waals surface area contributed by atoms with Crippen molar-refractivity contribution in [2.45, 2.75) is 12.1 Å². The number of nitrogens with zero attached hydrogens (tertiary/aromatic N) is 2. The van der Waals surface area contributed by atoms with Crippen molar-refractivity contribution < 1.29 is 14.3 Å². The van der Waals surface area contributed by atoms with Crippen molar-refractivity contribution in [1.29, 1.82) is 0 Å². The fourth-order valence-electron chi connectivity index (χ4n) is 4.09. The van der Waals surface area contributed by atoms with Gasteiger partial charge in [-0.25, -0.2) is 0 Å². The lowest BCUT2D eigenvalue weighted by Gasteiger charge is -2.42. The van der Waals surface area contributed by atoms with Crippen molar-refractivity contribution in [3.05, 3.63) is 65.9 Å². The van der Waals surface area contributed by atoms with Crippen LogP contribution in [0.2, 0.25) is 0 Å². The summed E-state index contributed by atoms with van der Waals surface area (Å²) in [7, 11) is 5.69. The summed E-state index contributed by atoms with van der Waals surface area (Å²) < 4.78 is 11.5. The molecule has 1 saturated heterocycles. The Labute approximate surface area is 171 Å². The van der Waals surface area contributed by atoms with Crippen molar-refractivity contribution in [2.75, 3.05) is 40.9 Å². The number of methoxy groups -OCH3 is 1. The van der Waals surface area contributed by atoms with Crippen LogP contribution in [0.15, 0.2) is 54.6 Å². The van der Waals surface area contributed by atoms with Gasteiger partial charge in [0.1, 0.15) is 11.4 Å². The third kappa shape index (κ3) is 3.86. The molecule has 1 aliphatic heterocycles. The van der Waals surface area contributed by atoms with Crippen LogP contribution in [0.4, 0.5) is 0 Å². The van der Waals surface area contributed by atoms with E-state index in [9.17, 15) is 4.79 Å². The Morgan fingerprint density at radius 3 is 2.72 bits per heavy atom. The molecular weight excluding hydrogens is 366 g/mol. The first kappa shape index (κ1) is 19.5. The number of nitrogens with one attached hydrogen (secondary N) is 1. The molecule has 0 spiro atoms. The van der Waals surface area contributed by atoms with Gasteiger partial charge in [0.25, 0.3) is 5.91 Å². The normalized spacial score (nSPS) is 19.7. The summed E-state index contributed by atoms with van der Waals surface area (Å²) in [6, 6.07) is 17.7. The summed E-state index contributed by atoms with van der Waals surface area (Å²) in [4.78, 5) is 20.9. The van der Waals surface area contributed by atoms with E-state index in [1.54, 1.807) is 7.11 Å². The molecule has 1 aromatic heterocycles. The van der Waals surface area contributed by atoms with E-state index in [-0.39, 0.29) is 18.1 Å². The number of rotatable bonds is 5. The number of carbonyl (C=O) groups excluding carboxylic acids is 1. The summed E-state index contributed by atoms with van der Waals surface area (Å²) in [5, 5.41) is 0.910. The van der Waals surface area contributed by atoms with Crippen LogP contribution in [-0.2, 0) is 4.74 Å². The average molecular weight is 393 g/mol. The molecule has 152 valence electrons. The molecule has 2 atom stereocenters. The smallest absolute Gasteiger partial charge is 0.270 e. The zero-order chi connectivity index (χ0) is 20.4. The van der Waals surface area contributed by atoms with Crippen LogP contribution in [0.25, 0.3) is 10.9 Å². The van der Waals surface area contributed by atoms with Gasteiger partial charge in [-0.15, -0.1) is 0 Å². The van der Waals surface area contributed by atoms with Gasteiger partial charge in [0.2, 0.25) is 0 Å². The topological polar surface area (TPSA) is 57.8 Å². The molecule has 29 heavy (non-hydrogen) atoms. The van der Waals surface area contributed by atoms with E-state index in [2.05, 4.69) is 22.0 Å². The predicted octanol–water partition coefficient (Wildman–Crippen LogP) is 3.32. The van der Waals surface area contributed by atoms with Gasteiger partial charge in [0.05, 0.1) is 25.9 Å². The first-order valence-electron chi connectivity index (χ1n) is 9.86. The van der Waals surface area contributed by atoms with Crippen LogP contribution in [0.1, 0.15) is 22.1 Å². The summed E-state index contributed by atoms with van der Waals surface area (Å²) in [6.45, 7) is 1.82. The van der Waals surface area contributed by atoms with Crippen LogP contribution in [0.5, 0.6) is 5.75 Å². The number of likely N-dealkylation sites (N-methyl/N-ethyl adjacent to an activating group) is 1. The highest BCUT2D eigenvalue weighted by molar-refractivity contribution is 6.00. The molecule has 1 fully saturated rings. The molecule has 0 radical (unpaired) electrons. The first-order valence-corrected chi connectivity index (χ1v) is 9.86. The van der Waals surface area contributed by atoms with Gasteiger partial charge in [-0.2, -0.15) is 0 Å². The highest BCUT2D eigenvalue weighted by atomic mass is 16.5. The van der Waals surface area contributed by atoms with Gasteiger partial charge in [-0.1, -0.05) is 36.4 Å². The van der Waals surface area contributed by atoms with E-state index in [1.165, 1.54) is 0 Å². The lowest BCUT2D eigenvalue weighted by Crippen LogP contribution is -2.51. The van der Waals surface area contributed by atoms with E-state index >= 15 is 0 Å². The minimum absolute atomic E-state index is 0.0239. The Bertz CT molecular complexity index is 983. The number of morpholine rings is 1. The zero-order valence-electron chi connectivity index (χ0n) is 17.1. The van der Waals surface area contributed by atoms with Crippen LogP contribution in [-0.4, -0.2) is 67.7 Å². The fourth-order valence-corrected chi connectivity index (χ4v) is 4.09. The van der Waals surface area contributed by atoms with Crippen molar-refractivity contribution >= 4 is 16.8 Å². The van der Waals surface area contributed by atoms with Crippen LogP contribution >= 0.6 is 0 Å². The van der Waals surface area contributed by atoms with Gasteiger partial charge in [0, 0.05) is 24.0 Å². The van der Waals surface area contributed by atoms with Crippen LogP contribution < -0.4 is 4.74 Å². The van der Waals surface area contributed by atoms with E-state index in [0.29, 0.717) is 18.8 Å². The minimum Gasteiger partial charge on any atom is -0.496 e. The second-order valence-corrected chi connectivity index (χ2v) is 7.63. The molecule has 6 heteroatoms. The number of hydrogen-bond acceptors (Lipinski definition) is 4. The molecule has 2 heterocycles. The molecule has 1 N–H and O–H groups in total. The second-order valence-electron chi connectivity index (χ2n) is 7.63. The number of ether oxygens (including phenoxy) is 2. The lowest BCUT2D eigenvalue weighted by molar-refractivity contribution is -0.0685. The predicted molar refractivity (Wildman–Crippen MR) is 113 cm³/mol. The molecule has 0 bridgehead atoms. The van der Waals surface area contributed by atoms with Crippen molar-refractivity contribution in [3.63, 3.8) is 0 Å². The SMILES string of the molecule is COc1cccc2[nH]c(C(=O)N3CCO[C@@H](CN(C)C)[C@@H]3c3ccccc3)cc12. The Balaban J connectivity index is 1.71. The molecule has 3 aromatic rings. The van der Waals surface area contributed by atoms with Gasteiger partial charge < -0.3 is 24.3 Å². The quantitative estimate of drug-likeness (QED) is 0.723. The molecular formula is C23H27N3O3. The molecule has 4 rings (SSSR count).